The number of hydrogen-bond acceptors (Lipinski definition) is 4. The number of carbonyl (C=O) groups is 1. The molecule has 0 aliphatic rings. The number of aromatic nitrogens is 1. The second-order valence-corrected chi connectivity index (χ2v) is 9.02. The van der Waals surface area contributed by atoms with Crippen LogP contribution in [0.5, 0.6) is 5.75 Å². The van der Waals surface area contributed by atoms with Crippen LogP contribution in [0.2, 0.25) is 15.1 Å². The molecule has 1 N–H and O–H groups in total. The average molecular weight is 504 g/mol. The third kappa shape index (κ3) is 4.67. The number of fused-ring (bicyclic) bond motifs is 1. The number of rotatable bonds is 5. The third-order valence-electron chi connectivity index (χ3n) is 5.30. The number of nitrogens with one attached hydrogen (secondary N) is 1. The summed E-state index contributed by atoms with van der Waals surface area (Å²) in [7, 11) is 0. The van der Waals surface area contributed by atoms with E-state index in [1.807, 2.05) is 32.0 Å². The first-order chi connectivity index (χ1) is 15.7. The van der Waals surface area contributed by atoms with E-state index in [1.54, 1.807) is 26.0 Å². The molecule has 8 heteroatoms. The van der Waals surface area contributed by atoms with Crippen molar-refractivity contribution in [3.05, 3.63) is 73.7 Å². The maximum Gasteiger partial charge on any atom is 0.262 e. The predicted octanol–water partition coefficient (Wildman–Crippen LogP) is 7.71. The van der Waals surface area contributed by atoms with Gasteiger partial charge in [0.2, 0.25) is 5.89 Å². The number of benzene rings is 3. The summed E-state index contributed by atoms with van der Waals surface area (Å²) in [6, 6.07) is 11.3. The van der Waals surface area contributed by atoms with Crippen molar-refractivity contribution in [3.63, 3.8) is 0 Å². The van der Waals surface area contributed by atoms with Gasteiger partial charge in [0.15, 0.2) is 17.9 Å². The van der Waals surface area contributed by atoms with Gasteiger partial charge in [0.05, 0.1) is 10.0 Å². The van der Waals surface area contributed by atoms with E-state index in [0.29, 0.717) is 27.7 Å². The molecule has 1 heterocycles. The zero-order valence-corrected chi connectivity index (χ0v) is 20.7. The summed E-state index contributed by atoms with van der Waals surface area (Å²) < 4.78 is 11.6. The summed E-state index contributed by atoms with van der Waals surface area (Å²) in [6.07, 6.45) is 0. The van der Waals surface area contributed by atoms with E-state index in [9.17, 15) is 4.79 Å². The van der Waals surface area contributed by atoms with Gasteiger partial charge in [0.1, 0.15) is 5.52 Å². The Labute approximate surface area is 206 Å². The smallest absolute Gasteiger partial charge is 0.262 e. The Balaban J connectivity index is 1.45. The van der Waals surface area contributed by atoms with E-state index in [1.165, 1.54) is 0 Å². The topological polar surface area (TPSA) is 64.4 Å². The predicted molar refractivity (Wildman–Crippen MR) is 134 cm³/mol. The van der Waals surface area contributed by atoms with Gasteiger partial charge < -0.3 is 14.5 Å². The van der Waals surface area contributed by atoms with Gasteiger partial charge in [0.25, 0.3) is 5.91 Å². The number of halogens is 3. The van der Waals surface area contributed by atoms with Gasteiger partial charge in [-0.05, 0) is 80.3 Å². The number of anilines is 1. The van der Waals surface area contributed by atoms with Crippen molar-refractivity contribution >= 4 is 57.5 Å². The van der Waals surface area contributed by atoms with E-state index < -0.39 is 0 Å². The summed E-state index contributed by atoms with van der Waals surface area (Å²) in [5, 5.41) is 3.84. The molecular formula is C25H21Cl3N2O3. The molecule has 0 fully saturated rings. The van der Waals surface area contributed by atoms with Gasteiger partial charge in [-0.15, -0.1) is 0 Å². The van der Waals surface area contributed by atoms with Crippen molar-refractivity contribution in [2.75, 3.05) is 11.9 Å². The van der Waals surface area contributed by atoms with Crippen LogP contribution < -0.4 is 10.1 Å². The highest BCUT2D eigenvalue weighted by atomic mass is 35.5. The minimum absolute atomic E-state index is 0.240. The Morgan fingerprint density at radius 2 is 1.61 bits per heavy atom. The van der Waals surface area contributed by atoms with Crippen LogP contribution in [0.1, 0.15) is 22.3 Å². The van der Waals surface area contributed by atoms with E-state index in [0.717, 1.165) is 27.8 Å². The Bertz CT molecular complexity index is 1350. The molecule has 0 radical (unpaired) electrons. The van der Waals surface area contributed by atoms with Crippen LogP contribution in [0.25, 0.3) is 22.6 Å². The van der Waals surface area contributed by atoms with E-state index in [2.05, 4.69) is 16.4 Å². The number of aryl methyl sites for hydroxylation is 2. The molecule has 0 aliphatic carbocycles. The zero-order valence-electron chi connectivity index (χ0n) is 18.5. The Morgan fingerprint density at radius 1 is 0.970 bits per heavy atom. The highest BCUT2D eigenvalue weighted by Gasteiger charge is 2.19. The first-order valence-electron chi connectivity index (χ1n) is 10.2. The molecule has 1 amide bonds. The van der Waals surface area contributed by atoms with Crippen LogP contribution in [0.15, 0.2) is 40.8 Å². The maximum absolute atomic E-state index is 12.4. The Morgan fingerprint density at radius 3 is 2.24 bits per heavy atom. The van der Waals surface area contributed by atoms with Crippen LogP contribution in [-0.4, -0.2) is 17.5 Å². The van der Waals surface area contributed by atoms with Crippen molar-refractivity contribution in [1.82, 2.24) is 4.98 Å². The first-order valence-corrected chi connectivity index (χ1v) is 11.3. The maximum atomic E-state index is 12.4. The number of ether oxygens (including phenoxy) is 1. The normalized spacial score (nSPS) is 11.1. The molecule has 33 heavy (non-hydrogen) atoms. The van der Waals surface area contributed by atoms with Gasteiger partial charge in [0, 0.05) is 16.3 Å². The number of amides is 1. The fourth-order valence-electron chi connectivity index (χ4n) is 3.57. The summed E-state index contributed by atoms with van der Waals surface area (Å²) in [4.78, 5) is 17.0. The fraction of sp³-hybridized carbons (Fsp3) is 0.200. The molecular weight excluding hydrogens is 483 g/mol. The summed E-state index contributed by atoms with van der Waals surface area (Å²) >= 11 is 18.8. The molecule has 0 atom stereocenters. The first kappa shape index (κ1) is 23.4. The van der Waals surface area contributed by atoms with Gasteiger partial charge in [-0.25, -0.2) is 4.98 Å². The molecule has 0 saturated carbocycles. The van der Waals surface area contributed by atoms with Crippen molar-refractivity contribution < 1.29 is 13.9 Å². The van der Waals surface area contributed by atoms with Crippen molar-refractivity contribution in [2.24, 2.45) is 0 Å². The van der Waals surface area contributed by atoms with Crippen molar-refractivity contribution in [3.8, 4) is 17.2 Å². The lowest BCUT2D eigenvalue weighted by atomic mass is 10.1. The van der Waals surface area contributed by atoms with Crippen LogP contribution in [0.4, 0.5) is 5.69 Å². The molecule has 0 aliphatic heterocycles. The third-order valence-corrected chi connectivity index (χ3v) is 6.78. The lowest BCUT2D eigenvalue weighted by Gasteiger charge is -2.15. The zero-order chi connectivity index (χ0) is 23.9. The minimum atomic E-state index is -0.354. The second kappa shape index (κ2) is 9.26. The summed E-state index contributed by atoms with van der Waals surface area (Å²) in [6.45, 7) is 7.30. The van der Waals surface area contributed by atoms with Gasteiger partial charge in [-0.2, -0.15) is 0 Å². The number of carbonyl (C=O) groups excluding carboxylic acids is 1. The SMILES string of the molecule is Cc1cc(C)c2oc(-c3ccc(NC(=O)COc4c(Cl)c(C)c(Cl)c(C)c4Cl)cc3)nc2c1. The fourth-order valence-corrected chi connectivity index (χ4v) is 4.39. The standard InChI is InChI=1S/C25H21Cl3N2O3/c1-12-9-13(2)23-18(10-12)30-25(33-23)16-5-7-17(8-6-16)29-19(31)11-32-24-21(27)14(3)20(26)15(4)22(24)28/h5-10H,11H2,1-4H3,(H,29,31). The summed E-state index contributed by atoms with van der Waals surface area (Å²) in [5.74, 6) is 0.412. The largest absolute Gasteiger partial charge is 0.481 e. The highest BCUT2D eigenvalue weighted by Crippen LogP contribution is 2.42. The molecule has 0 spiro atoms. The summed E-state index contributed by atoms with van der Waals surface area (Å²) in [5.41, 5.74) is 6.48. The van der Waals surface area contributed by atoms with Crippen molar-refractivity contribution in [1.29, 1.82) is 0 Å². The molecule has 1 aromatic heterocycles. The minimum Gasteiger partial charge on any atom is -0.481 e. The Hall–Kier alpha value is -2.73. The second-order valence-electron chi connectivity index (χ2n) is 7.88. The molecule has 170 valence electrons. The number of hydrogen-bond donors (Lipinski definition) is 1. The van der Waals surface area contributed by atoms with E-state index >= 15 is 0 Å². The number of nitrogens with zero attached hydrogens (tertiary/aromatic N) is 1. The molecule has 4 rings (SSSR count). The van der Waals surface area contributed by atoms with E-state index in [4.69, 9.17) is 44.0 Å². The van der Waals surface area contributed by atoms with Gasteiger partial charge >= 0.3 is 0 Å². The Kier molecular flexibility index (Phi) is 6.57. The van der Waals surface area contributed by atoms with Crippen LogP contribution in [0, 0.1) is 27.7 Å². The molecule has 4 aromatic rings. The molecule has 5 nitrogen and oxygen atoms in total. The quantitative estimate of drug-likeness (QED) is 0.303. The number of oxazole rings is 1. The van der Waals surface area contributed by atoms with Gasteiger partial charge in [-0.1, -0.05) is 40.9 Å². The van der Waals surface area contributed by atoms with E-state index in [-0.39, 0.29) is 28.3 Å². The average Bonchev–Trinajstić information content (AvgIpc) is 3.21. The highest BCUT2D eigenvalue weighted by molar-refractivity contribution is 6.42. The van der Waals surface area contributed by atoms with Crippen LogP contribution in [-0.2, 0) is 4.79 Å². The van der Waals surface area contributed by atoms with Gasteiger partial charge in [-0.3, -0.25) is 4.79 Å². The van der Waals surface area contributed by atoms with Crippen LogP contribution >= 0.6 is 34.8 Å². The molecule has 0 bridgehead atoms. The molecule has 0 unspecified atom stereocenters. The lowest BCUT2D eigenvalue weighted by Crippen LogP contribution is -2.20. The van der Waals surface area contributed by atoms with Crippen LogP contribution in [0.3, 0.4) is 0 Å². The van der Waals surface area contributed by atoms with Crippen molar-refractivity contribution in [2.45, 2.75) is 27.7 Å². The molecule has 3 aromatic carbocycles. The molecule has 0 saturated heterocycles. The monoisotopic (exact) mass is 502 g/mol. The lowest BCUT2D eigenvalue weighted by molar-refractivity contribution is -0.118.